The predicted molar refractivity (Wildman–Crippen MR) is 123 cm³/mol. The maximum atomic E-state index is 10.9. The molecule has 0 spiro atoms. The van der Waals surface area contributed by atoms with Crippen molar-refractivity contribution in [1.29, 1.82) is 0 Å². The summed E-state index contributed by atoms with van der Waals surface area (Å²) >= 11 is 0. The fraction of sp³-hybridized carbons (Fsp3) is 0.500. The highest BCUT2D eigenvalue weighted by Crippen LogP contribution is 2.26. The summed E-state index contributed by atoms with van der Waals surface area (Å²) in [7, 11) is 0. The molecule has 0 aliphatic heterocycles. The molecule has 0 heterocycles. The first-order valence-corrected chi connectivity index (χ1v) is 10.6. The highest BCUT2D eigenvalue weighted by atomic mass is 16.6. The summed E-state index contributed by atoms with van der Waals surface area (Å²) in [6.45, 7) is 17.4. The Labute approximate surface area is 178 Å². The van der Waals surface area contributed by atoms with E-state index < -0.39 is 0 Å². The first kappa shape index (κ1) is 26.9. The predicted octanol–water partition coefficient (Wildman–Crippen LogP) is 7.21. The van der Waals surface area contributed by atoms with Crippen LogP contribution in [0, 0.1) is 5.92 Å². The van der Waals surface area contributed by atoms with Crippen molar-refractivity contribution in [3.8, 4) is 0 Å². The SMILES string of the molecule is CC.CC(C)C(=O)OC(C)(C)C.CC(C)OC(c1ccccc1)c1ccccc1. The summed E-state index contributed by atoms with van der Waals surface area (Å²) in [6.07, 6.45) is 0.234. The molecule has 29 heavy (non-hydrogen) atoms. The number of hydrogen-bond acceptors (Lipinski definition) is 3. The van der Waals surface area contributed by atoms with Crippen LogP contribution in [0.1, 0.15) is 79.5 Å². The molecular weight excluding hydrogens is 360 g/mol. The third-order valence-electron chi connectivity index (χ3n) is 3.49. The number of benzene rings is 2. The van der Waals surface area contributed by atoms with Gasteiger partial charge in [-0.3, -0.25) is 4.79 Å². The molecule has 0 saturated heterocycles. The van der Waals surface area contributed by atoms with Gasteiger partial charge in [-0.1, -0.05) is 88.4 Å². The normalized spacial score (nSPS) is 10.8. The van der Waals surface area contributed by atoms with E-state index in [-0.39, 0.29) is 29.7 Å². The van der Waals surface area contributed by atoms with Gasteiger partial charge in [0.15, 0.2) is 0 Å². The van der Waals surface area contributed by atoms with Crippen molar-refractivity contribution in [2.45, 2.75) is 80.1 Å². The van der Waals surface area contributed by atoms with Crippen LogP contribution in [0.15, 0.2) is 60.7 Å². The van der Waals surface area contributed by atoms with E-state index in [0.29, 0.717) is 0 Å². The highest BCUT2D eigenvalue weighted by Gasteiger charge is 2.18. The van der Waals surface area contributed by atoms with Gasteiger partial charge in [0.05, 0.1) is 12.0 Å². The van der Waals surface area contributed by atoms with Gasteiger partial charge < -0.3 is 9.47 Å². The summed E-state index contributed by atoms with van der Waals surface area (Å²) in [6, 6.07) is 20.7. The second-order valence-corrected chi connectivity index (χ2v) is 8.07. The third-order valence-corrected chi connectivity index (χ3v) is 3.49. The Bertz CT molecular complexity index is 616. The van der Waals surface area contributed by atoms with Gasteiger partial charge in [0.25, 0.3) is 0 Å². The molecule has 0 bridgehead atoms. The van der Waals surface area contributed by atoms with Gasteiger partial charge in [-0.05, 0) is 45.7 Å². The monoisotopic (exact) mass is 400 g/mol. The molecule has 2 aromatic rings. The van der Waals surface area contributed by atoms with Crippen LogP contribution in [-0.2, 0) is 14.3 Å². The number of rotatable bonds is 5. The third kappa shape index (κ3) is 12.1. The first-order valence-electron chi connectivity index (χ1n) is 10.6. The molecule has 0 aromatic heterocycles. The van der Waals surface area contributed by atoms with E-state index in [2.05, 4.69) is 62.4 Å². The second kappa shape index (κ2) is 13.9. The lowest BCUT2D eigenvalue weighted by atomic mass is 10.0. The van der Waals surface area contributed by atoms with Crippen LogP contribution in [0.3, 0.4) is 0 Å². The van der Waals surface area contributed by atoms with Gasteiger partial charge in [0.2, 0.25) is 0 Å². The zero-order chi connectivity index (χ0) is 22.4. The fourth-order valence-corrected chi connectivity index (χ4v) is 2.30. The van der Waals surface area contributed by atoms with Crippen molar-refractivity contribution >= 4 is 5.97 Å². The average molecular weight is 401 g/mol. The molecule has 2 aromatic carbocycles. The molecule has 0 amide bonds. The minimum Gasteiger partial charge on any atom is -0.460 e. The van der Waals surface area contributed by atoms with Crippen LogP contribution in [0.2, 0.25) is 0 Å². The van der Waals surface area contributed by atoms with Crippen LogP contribution in [0.5, 0.6) is 0 Å². The number of ether oxygens (including phenoxy) is 2. The Kier molecular flexibility index (Phi) is 12.9. The van der Waals surface area contributed by atoms with Crippen molar-refractivity contribution in [2.75, 3.05) is 0 Å². The van der Waals surface area contributed by atoms with E-state index >= 15 is 0 Å². The summed E-state index contributed by atoms with van der Waals surface area (Å²) in [5.41, 5.74) is 2.06. The topological polar surface area (TPSA) is 35.5 Å². The van der Waals surface area contributed by atoms with Gasteiger partial charge in [0.1, 0.15) is 11.7 Å². The van der Waals surface area contributed by atoms with E-state index in [9.17, 15) is 4.79 Å². The van der Waals surface area contributed by atoms with Crippen molar-refractivity contribution in [3.05, 3.63) is 71.8 Å². The Hall–Kier alpha value is -2.13. The van der Waals surface area contributed by atoms with Crippen molar-refractivity contribution < 1.29 is 14.3 Å². The summed E-state index contributed by atoms with van der Waals surface area (Å²) in [5.74, 6) is -0.160. The van der Waals surface area contributed by atoms with E-state index in [1.165, 1.54) is 11.1 Å². The van der Waals surface area contributed by atoms with Crippen molar-refractivity contribution in [1.82, 2.24) is 0 Å². The summed E-state index contributed by atoms with van der Waals surface area (Å²) in [4.78, 5) is 10.9. The van der Waals surface area contributed by atoms with E-state index in [1.807, 2.05) is 60.6 Å². The number of carbonyl (C=O) groups excluding carboxylic acids is 1. The van der Waals surface area contributed by atoms with Crippen LogP contribution < -0.4 is 0 Å². The number of esters is 1. The molecule has 0 fully saturated rings. The minimum absolute atomic E-state index is 0.0254. The van der Waals surface area contributed by atoms with Gasteiger partial charge >= 0.3 is 5.97 Å². The summed E-state index contributed by atoms with van der Waals surface area (Å²) < 4.78 is 11.1. The van der Waals surface area contributed by atoms with Gasteiger partial charge in [0, 0.05) is 0 Å². The molecule has 0 atom stereocenters. The highest BCUT2D eigenvalue weighted by molar-refractivity contribution is 5.71. The zero-order valence-corrected chi connectivity index (χ0v) is 19.7. The molecule has 0 aliphatic rings. The molecular formula is C26H40O3. The van der Waals surface area contributed by atoms with E-state index in [0.717, 1.165) is 0 Å². The Morgan fingerprint density at radius 1 is 0.759 bits per heavy atom. The fourth-order valence-electron chi connectivity index (χ4n) is 2.30. The largest absolute Gasteiger partial charge is 0.460 e. The molecule has 0 radical (unpaired) electrons. The maximum Gasteiger partial charge on any atom is 0.308 e. The molecule has 0 aliphatic carbocycles. The lowest BCUT2D eigenvalue weighted by Crippen LogP contribution is -2.26. The molecule has 3 heteroatoms. The Morgan fingerprint density at radius 3 is 1.38 bits per heavy atom. The maximum absolute atomic E-state index is 10.9. The number of carbonyl (C=O) groups is 1. The van der Waals surface area contributed by atoms with Crippen molar-refractivity contribution in [2.24, 2.45) is 5.92 Å². The van der Waals surface area contributed by atoms with Crippen LogP contribution in [0.25, 0.3) is 0 Å². The molecule has 162 valence electrons. The quantitative estimate of drug-likeness (QED) is 0.497. The Balaban J connectivity index is 0.000000563. The molecule has 0 saturated carbocycles. The lowest BCUT2D eigenvalue weighted by Gasteiger charge is -2.21. The first-order chi connectivity index (χ1) is 13.6. The summed E-state index contributed by atoms with van der Waals surface area (Å²) in [5, 5.41) is 0. The standard InChI is InChI=1S/C16H18O.C8H16O2.C2H6/c1-13(2)17-16(14-9-5-3-6-10-14)15-11-7-4-8-12-15;1-6(2)7(9)10-8(3,4)5;1-2/h3-13,16H,1-2H3;6H,1-5H3;1-2H3. The van der Waals surface area contributed by atoms with Crippen LogP contribution >= 0.6 is 0 Å². The smallest absolute Gasteiger partial charge is 0.308 e. The van der Waals surface area contributed by atoms with Crippen LogP contribution in [-0.4, -0.2) is 17.7 Å². The minimum atomic E-state index is -0.346. The van der Waals surface area contributed by atoms with Gasteiger partial charge in [-0.25, -0.2) is 0 Å². The van der Waals surface area contributed by atoms with Gasteiger partial charge in [-0.2, -0.15) is 0 Å². The Morgan fingerprint density at radius 2 is 1.14 bits per heavy atom. The molecule has 3 nitrogen and oxygen atoms in total. The lowest BCUT2D eigenvalue weighted by molar-refractivity contribution is -0.158. The van der Waals surface area contributed by atoms with E-state index in [1.54, 1.807) is 0 Å². The van der Waals surface area contributed by atoms with Crippen LogP contribution in [0.4, 0.5) is 0 Å². The molecule has 0 N–H and O–H groups in total. The zero-order valence-electron chi connectivity index (χ0n) is 19.7. The molecule has 0 unspecified atom stereocenters. The van der Waals surface area contributed by atoms with E-state index in [4.69, 9.17) is 9.47 Å². The average Bonchev–Trinajstić information content (AvgIpc) is 2.68. The number of hydrogen-bond donors (Lipinski definition) is 0. The van der Waals surface area contributed by atoms with Crippen molar-refractivity contribution in [3.63, 3.8) is 0 Å². The molecule has 2 rings (SSSR count). The second-order valence-electron chi connectivity index (χ2n) is 8.07. The van der Waals surface area contributed by atoms with Gasteiger partial charge in [-0.15, -0.1) is 0 Å².